The van der Waals surface area contributed by atoms with Gasteiger partial charge in [0, 0.05) is 18.0 Å². The molecule has 0 aromatic carbocycles. The second-order valence-electron chi connectivity index (χ2n) is 4.16. The number of ether oxygens (including phenoxy) is 1. The van der Waals surface area contributed by atoms with Crippen LogP contribution in [0, 0.1) is 0 Å². The number of rotatable bonds is 6. The molecule has 0 radical (unpaired) electrons. The summed E-state index contributed by atoms with van der Waals surface area (Å²) in [7, 11) is 0. The molecule has 1 aromatic rings. The number of thiazole rings is 1. The lowest BCUT2D eigenvalue weighted by Gasteiger charge is -2.24. The number of carbonyl (C=O) groups is 2. The van der Waals surface area contributed by atoms with E-state index in [0.717, 1.165) is 0 Å². The molecule has 106 valence electrons. The Morgan fingerprint density at radius 1 is 1.53 bits per heavy atom. The summed E-state index contributed by atoms with van der Waals surface area (Å²) in [6.45, 7) is 5.94. The molecule has 0 saturated carbocycles. The van der Waals surface area contributed by atoms with Crippen molar-refractivity contribution in [2.24, 2.45) is 5.73 Å². The number of hydrogen-bond acceptors (Lipinski definition) is 6. The first kappa shape index (κ1) is 15.6. The van der Waals surface area contributed by atoms with Crippen LogP contribution in [0.25, 0.3) is 0 Å². The van der Waals surface area contributed by atoms with Gasteiger partial charge in [-0.05, 0) is 20.8 Å². The van der Waals surface area contributed by atoms with Crippen molar-refractivity contribution in [1.29, 1.82) is 0 Å². The molecule has 2 N–H and O–H groups in total. The molecule has 0 unspecified atom stereocenters. The number of amides is 1. The molecule has 0 atom stereocenters. The van der Waals surface area contributed by atoms with E-state index in [1.54, 1.807) is 12.3 Å². The lowest BCUT2D eigenvalue weighted by atomic mass is 10.3. The van der Waals surface area contributed by atoms with Crippen LogP contribution in [0.3, 0.4) is 0 Å². The van der Waals surface area contributed by atoms with Crippen molar-refractivity contribution in [2.75, 3.05) is 13.2 Å². The van der Waals surface area contributed by atoms with Crippen molar-refractivity contribution in [3.8, 4) is 0 Å². The van der Waals surface area contributed by atoms with E-state index in [2.05, 4.69) is 4.98 Å². The Kier molecular flexibility index (Phi) is 5.91. The summed E-state index contributed by atoms with van der Waals surface area (Å²) in [4.78, 5) is 29.4. The molecule has 1 heterocycles. The Balaban J connectivity index is 2.80. The minimum Gasteiger partial charge on any atom is -0.465 e. The summed E-state index contributed by atoms with van der Waals surface area (Å²) in [6, 6.07) is -0.111. The topological polar surface area (TPSA) is 85.5 Å². The molecule has 0 aliphatic heterocycles. The van der Waals surface area contributed by atoms with Gasteiger partial charge in [0.05, 0.1) is 6.61 Å². The summed E-state index contributed by atoms with van der Waals surface area (Å²) in [6.07, 6.45) is 0. The van der Waals surface area contributed by atoms with E-state index in [9.17, 15) is 9.59 Å². The minimum atomic E-state index is -0.418. The van der Waals surface area contributed by atoms with E-state index in [4.69, 9.17) is 10.5 Å². The van der Waals surface area contributed by atoms with Gasteiger partial charge in [0.2, 0.25) is 0 Å². The maximum Gasteiger partial charge on any atom is 0.325 e. The highest BCUT2D eigenvalue weighted by Gasteiger charge is 2.24. The van der Waals surface area contributed by atoms with Gasteiger partial charge in [-0.25, -0.2) is 4.98 Å². The first-order valence-corrected chi connectivity index (χ1v) is 6.98. The van der Waals surface area contributed by atoms with Gasteiger partial charge in [-0.1, -0.05) is 0 Å². The number of nitrogens with zero attached hydrogens (tertiary/aromatic N) is 2. The maximum absolute atomic E-state index is 12.3. The van der Waals surface area contributed by atoms with Crippen molar-refractivity contribution in [3.05, 3.63) is 16.1 Å². The van der Waals surface area contributed by atoms with Gasteiger partial charge < -0.3 is 15.4 Å². The Bertz CT molecular complexity index is 445. The predicted molar refractivity (Wildman–Crippen MR) is 72.8 cm³/mol. The van der Waals surface area contributed by atoms with Gasteiger partial charge in [-0.2, -0.15) is 0 Å². The summed E-state index contributed by atoms with van der Waals surface area (Å²) >= 11 is 1.34. The average molecular weight is 285 g/mol. The third-order valence-electron chi connectivity index (χ3n) is 2.43. The van der Waals surface area contributed by atoms with Crippen LogP contribution in [-0.4, -0.2) is 41.0 Å². The molecule has 6 nitrogen and oxygen atoms in total. The second-order valence-corrected chi connectivity index (χ2v) is 5.11. The quantitative estimate of drug-likeness (QED) is 0.789. The molecule has 7 heteroatoms. The largest absolute Gasteiger partial charge is 0.465 e. The SMILES string of the molecule is CCOC(=O)CN(C(=O)c1csc(CN)n1)C(C)C. The van der Waals surface area contributed by atoms with E-state index in [-0.39, 0.29) is 18.5 Å². The van der Waals surface area contributed by atoms with Crippen LogP contribution >= 0.6 is 11.3 Å². The molecule has 0 aliphatic carbocycles. The fourth-order valence-corrected chi connectivity index (χ4v) is 2.13. The monoisotopic (exact) mass is 285 g/mol. The molecule has 0 bridgehead atoms. The molecule has 0 aliphatic rings. The first-order valence-electron chi connectivity index (χ1n) is 6.10. The zero-order valence-electron chi connectivity index (χ0n) is 11.4. The van der Waals surface area contributed by atoms with E-state index in [1.165, 1.54) is 16.2 Å². The summed E-state index contributed by atoms with van der Waals surface area (Å²) in [5, 5.41) is 2.36. The van der Waals surface area contributed by atoms with Crippen LogP contribution in [0.2, 0.25) is 0 Å². The Morgan fingerprint density at radius 2 is 2.21 bits per heavy atom. The average Bonchev–Trinajstić information content (AvgIpc) is 2.84. The lowest BCUT2D eigenvalue weighted by Crippen LogP contribution is -2.41. The molecular weight excluding hydrogens is 266 g/mol. The van der Waals surface area contributed by atoms with Crippen molar-refractivity contribution in [2.45, 2.75) is 33.4 Å². The van der Waals surface area contributed by atoms with Gasteiger partial charge >= 0.3 is 5.97 Å². The van der Waals surface area contributed by atoms with Gasteiger partial charge in [0.1, 0.15) is 17.2 Å². The number of carbonyl (C=O) groups excluding carboxylic acids is 2. The van der Waals surface area contributed by atoms with Crippen molar-refractivity contribution < 1.29 is 14.3 Å². The van der Waals surface area contributed by atoms with Gasteiger partial charge in [0.15, 0.2) is 0 Å². The highest BCUT2D eigenvalue weighted by atomic mass is 32.1. The first-order chi connectivity index (χ1) is 8.99. The minimum absolute atomic E-state index is 0.0696. The molecule has 0 saturated heterocycles. The number of aromatic nitrogens is 1. The van der Waals surface area contributed by atoms with Crippen molar-refractivity contribution in [1.82, 2.24) is 9.88 Å². The molecule has 1 amide bonds. The molecule has 1 aromatic heterocycles. The maximum atomic E-state index is 12.3. The van der Waals surface area contributed by atoms with Crippen LogP contribution < -0.4 is 5.73 Å². The summed E-state index contributed by atoms with van der Waals surface area (Å²) in [5.41, 5.74) is 5.79. The van der Waals surface area contributed by atoms with Crippen LogP contribution in [0.15, 0.2) is 5.38 Å². The molecule has 19 heavy (non-hydrogen) atoms. The van der Waals surface area contributed by atoms with Gasteiger partial charge in [0.25, 0.3) is 5.91 Å². The third kappa shape index (κ3) is 4.29. The normalized spacial score (nSPS) is 10.6. The Hall–Kier alpha value is -1.47. The molecule has 1 rings (SSSR count). The zero-order valence-corrected chi connectivity index (χ0v) is 12.2. The zero-order chi connectivity index (χ0) is 14.4. The standard InChI is InChI=1S/C12H19N3O3S/c1-4-18-11(16)6-15(8(2)3)12(17)9-7-19-10(5-13)14-9/h7-8H,4-6,13H2,1-3H3. The summed E-state index contributed by atoms with van der Waals surface area (Å²) in [5.74, 6) is -0.696. The number of hydrogen-bond donors (Lipinski definition) is 1. The molecular formula is C12H19N3O3S. The Labute approximate surface area is 116 Å². The van der Waals surface area contributed by atoms with Gasteiger partial charge in [-0.3, -0.25) is 9.59 Å². The van der Waals surface area contributed by atoms with E-state index in [1.807, 2.05) is 13.8 Å². The molecule has 0 spiro atoms. The van der Waals surface area contributed by atoms with Gasteiger partial charge in [-0.15, -0.1) is 11.3 Å². The number of nitrogens with two attached hydrogens (primary N) is 1. The second kappa shape index (κ2) is 7.20. The Morgan fingerprint density at radius 3 is 2.68 bits per heavy atom. The van der Waals surface area contributed by atoms with Crippen LogP contribution in [0.5, 0.6) is 0 Å². The van der Waals surface area contributed by atoms with Crippen LogP contribution in [-0.2, 0) is 16.1 Å². The smallest absolute Gasteiger partial charge is 0.325 e. The third-order valence-corrected chi connectivity index (χ3v) is 3.31. The predicted octanol–water partition coefficient (Wildman–Crippen LogP) is 1.02. The van der Waals surface area contributed by atoms with Crippen molar-refractivity contribution in [3.63, 3.8) is 0 Å². The van der Waals surface area contributed by atoms with Crippen LogP contribution in [0.1, 0.15) is 36.3 Å². The lowest BCUT2D eigenvalue weighted by molar-refractivity contribution is -0.144. The highest BCUT2D eigenvalue weighted by molar-refractivity contribution is 7.09. The fraction of sp³-hybridized carbons (Fsp3) is 0.583. The van der Waals surface area contributed by atoms with Crippen LogP contribution in [0.4, 0.5) is 0 Å². The van der Waals surface area contributed by atoms with E-state index in [0.29, 0.717) is 23.9 Å². The fourth-order valence-electron chi connectivity index (χ4n) is 1.48. The van der Waals surface area contributed by atoms with E-state index < -0.39 is 5.97 Å². The van der Waals surface area contributed by atoms with Crippen molar-refractivity contribution >= 4 is 23.2 Å². The van der Waals surface area contributed by atoms with E-state index >= 15 is 0 Å². The highest BCUT2D eigenvalue weighted by Crippen LogP contribution is 2.13. The number of esters is 1. The molecule has 0 fully saturated rings. The summed E-state index contributed by atoms with van der Waals surface area (Å²) < 4.78 is 4.86.